The van der Waals surface area contributed by atoms with Gasteiger partial charge in [-0.3, -0.25) is 9.78 Å². The highest BCUT2D eigenvalue weighted by Crippen LogP contribution is 2.38. The number of fused-ring (bicyclic) bond motifs is 3. The fourth-order valence-corrected chi connectivity index (χ4v) is 4.60. The van der Waals surface area contributed by atoms with E-state index in [2.05, 4.69) is 19.9 Å². The van der Waals surface area contributed by atoms with Gasteiger partial charge in [-0.1, -0.05) is 0 Å². The normalized spacial score (nSPS) is 22.3. The highest BCUT2D eigenvalue weighted by atomic mass is 19.4. The van der Waals surface area contributed by atoms with Crippen molar-refractivity contribution in [2.45, 2.75) is 37.6 Å². The average Bonchev–Trinajstić information content (AvgIpc) is 2.84. The molecule has 10 heteroatoms. The molecule has 2 saturated heterocycles. The van der Waals surface area contributed by atoms with Gasteiger partial charge in [0.2, 0.25) is 5.88 Å². The number of nitrogens with zero attached hydrogens (tertiary/aromatic N) is 5. The van der Waals surface area contributed by atoms with Crippen LogP contribution in [0.15, 0.2) is 55.1 Å². The monoisotopic (exact) mass is 455 g/mol. The highest BCUT2D eigenvalue weighted by molar-refractivity contribution is 5.98. The van der Waals surface area contributed by atoms with Crippen LogP contribution in [0, 0.1) is 5.92 Å². The molecule has 33 heavy (non-hydrogen) atoms. The standard InChI is InChI=1S/C23H20F3N5O2/c24-23(25,26)15-5-7-19(30-12-15)33-18-11-14-4-6-17(18)31(13-14)22(32)20-16(3-1-8-27-20)21-28-9-2-10-29-21/h1-3,5,7-10,12,14,17-18H,4,6,11,13H2/t14-,17-,18+/m0/s1. The van der Waals surface area contributed by atoms with Gasteiger partial charge in [0.1, 0.15) is 11.8 Å². The number of hydrogen-bond donors (Lipinski definition) is 0. The van der Waals surface area contributed by atoms with Crippen molar-refractivity contribution in [1.82, 2.24) is 24.8 Å². The number of piperidine rings is 2. The molecule has 0 N–H and O–H groups in total. The maximum atomic E-state index is 13.5. The first-order chi connectivity index (χ1) is 15.9. The largest absolute Gasteiger partial charge is 0.472 e. The second-order valence-corrected chi connectivity index (χ2v) is 8.22. The first kappa shape index (κ1) is 21.3. The molecule has 1 aliphatic carbocycles. The second kappa shape index (κ2) is 8.42. The molecule has 3 aliphatic rings. The van der Waals surface area contributed by atoms with E-state index in [1.54, 1.807) is 41.7 Å². The molecule has 2 aliphatic heterocycles. The first-order valence-corrected chi connectivity index (χ1v) is 10.6. The number of halogens is 3. The summed E-state index contributed by atoms with van der Waals surface area (Å²) in [4.78, 5) is 32.0. The minimum atomic E-state index is -4.46. The van der Waals surface area contributed by atoms with Gasteiger partial charge in [0, 0.05) is 37.4 Å². The number of hydrogen-bond acceptors (Lipinski definition) is 6. The van der Waals surface area contributed by atoms with E-state index in [0.717, 1.165) is 25.1 Å². The van der Waals surface area contributed by atoms with Crippen molar-refractivity contribution in [3.8, 4) is 17.3 Å². The van der Waals surface area contributed by atoms with Crippen LogP contribution in [-0.4, -0.2) is 49.4 Å². The SMILES string of the molecule is O=C(c1ncccc1-c1ncccn1)N1C[C@H]2CC[C@H]1[C@H](Oc1ccc(C(F)(F)F)cn1)C2. The van der Waals surface area contributed by atoms with E-state index in [0.29, 0.717) is 24.4 Å². The number of carbonyl (C=O) groups is 1. The highest BCUT2D eigenvalue weighted by Gasteiger charge is 2.45. The van der Waals surface area contributed by atoms with Crippen LogP contribution in [0.1, 0.15) is 35.3 Å². The Labute approximate surface area is 187 Å². The van der Waals surface area contributed by atoms with Crippen LogP contribution in [0.5, 0.6) is 5.88 Å². The van der Waals surface area contributed by atoms with E-state index in [-0.39, 0.29) is 35.5 Å². The molecule has 3 aromatic heterocycles. The van der Waals surface area contributed by atoms with E-state index in [1.807, 2.05) is 0 Å². The van der Waals surface area contributed by atoms with E-state index in [9.17, 15) is 18.0 Å². The summed E-state index contributed by atoms with van der Waals surface area (Å²) in [5.41, 5.74) is -0.0169. The van der Waals surface area contributed by atoms with E-state index in [4.69, 9.17) is 4.74 Å². The Kier molecular flexibility index (Phi) is 5.43. The minimum Gasteiger partial charge on any atom is -0.472 e. The third-order valence-electron chi connectivity index (χ3n) is 6.13. The molecule has 0 spiro atoms. The number of amides is 1. The molecule has 0 radical (unpaired) electrons. The fraction of sp³-hybridized carbons (Fsp3) is 0.348. The molecule has 0 unspecified atom stereocenters. The van der Waals surface area contributed by atoms with Crippen molar-refractivity contribution in [2.24, 2.45) is 5.92 Å². The summed E-state index contributed by atoms with van der Waals surface area (Å²) in [6, 6.07) is 7.14. The molecule has 170 valence electrons. The molecule has 6 rings (SSSR count). The Balaban J connectivity index is 1.38. The van der Waals surface area contributed by atoms with E-state index >= 15 is 0 Å². The second-order valence-electron chi connectivity index (χ2n) is 8.22. The van der Waals surface area contributed by atoms with Crippen LogP contribution in [0.4, 0.5) is 13.2 Å². The zero-order valence-electron chi connectivity index (χ0n) is 17.4. The molecule has 3 fully saturated rings. The van der Waals surface area contributed by atoms with Crippen molar-refractivity contribution in [2.75, 3.05) is 6.54 Å². The van der Waals surface area contributed by atoms with Crippen molar-refractivity contribution < 1.29 is 22.7 Å². The number of rotatable bonds is 4. The quantitative estimate of drug-likeness (QED) is 0.591. The fourth-order valence-electron chi connectivity index (χ4n) is 4.60. The molecule has 3 aromatic rings. The van der Waals surface area contributed by atoms with Gasteiger partial charge in [0.15, 0.2) is 5.82 Å². The molecule has 2 bridgehead atoms. The smallest absolute Gasteiger partial charge is 0.417 e. The predicted octanol–water partition coefficient (Wildman–Crippen LogP) is 4.02. The Hall–Kier alpha value is -3.56. The number of carbonyl (C=O) groups excluding carboxylic acids is 1. The van der Waals surface area contributed by atoms with Crippen LogP contribution < -0.4 is 4.74 Å². The van der Waals surface area contributed by atoms with Gasteiger partial charge < -0.3 is 9.64 Å². The summed E-state index contributed by atoms with van der Waals surface area (Å²) < 4.78 is 44.4. The molecule has 5 heterocycles. The van der Waals surface area contributed by atoms with Gasteiger partial charge >= 0.3 is 6.18 Å². The zero-order chi connectivity index (χ0) is 23.0. The number of aromatic nitrogens is 4. The molecular weight excluding hydrogens is 435 g/mol. The average molecular weight is 455 g/mol. The topological polar surface area (TPSA) is 81.1 Å². The van der Waals surface area contributed by atoms with Gasteiger partial charge in [-0.25, -0.2) is 15.0 Å². The van der Waals surface area contributed by atoms with Crippen LogP contribution in [0.2, 0.25) is 0 Å². The van der Waals surface area contributed by atoms with Gasteiger partial charge in [0.05, 0.1) is 17.2 Å². The summed E-state index contributed by atoms with van der Waals surface area (Å²) in [6.07, 6.45) is 3.14. The lowest BCUT2D eigenvalue weighted by Gasteiger charge is -2.49. The number of alkyl halides is 3. The Morgan fingerprint density at radius 3 is 2.48 bits per heavy atom. The van der Waals surface area contributed by atoms with Gasteiger partial charge in [0.25, 0.3) is 5.91 Å². The number of ether oxygens (including phenoxy) is 1. The van der Waals surface area contributed by atoms with Crippen molar-refractivity contribution in [3.05, 3.63) is 66.4 Å². The lowest BCUT2D eigenvalue weighted by Crippen LogP contribution is -2.59. The maximum Gasteiger partial charge on any atom is 0.417 e. The minimum absolute atomic E-state index is 0.115. The zero-order valence-corrected chi connectivity index (χ0v) is 17.4. The Morgan fingerprint density at radius 2 is 1.79 bits per heavy atom. The molecule has 7 nitrogen and oxygen atoms in total. The summed E-state index contributed by atoms with van der Waals surface area (Å²) in [5, 5.41) is 0. The van der Waals surface area contributed by atoms with Crippen LogP contribution >= 0.6 is 0 Å². The van der Waals surface area contributed by atoms with Crippen LogP contribution in [0.3, 0.4) is 0 Å². The lowest BCUT2D eigenvalue weighted by molar-refractivity contribution is -0.137. The molecular formula is C23H20F3N5O2. The van der Waals surface area contributed by atoms with Crippen LogP contribution in [0.25, 0.3) is 11.4 Å². The van der Waals surface area contributed by atoms with Gasteiger partial charge in [-0.2, -0.15) is 13.2 Å². The van der Waals surface area contributed by atoms with E-state index in [1.165, 1.54) is 6.07 Å². The molecule has 1 amide bonds. The third kappa shape index (κ3) is 4.24. The van der Waals surface area contributed by atoms with Crippen molar-refractivity contribution in [3.63, 3.8) is 0 Å². The Morgan fingerprint density at radius 1 is 1.00 bits per heavy atom. The summed E-state index contributed by atoms with van der Waals surface area (Å²) >= 11 is 0. The molecule has 3 atom stereocenters. The predicted molar refractivity (Wildman–Crippen MR) is 111 cm³/mol. The third-order valence-corrected chi connectivity index (χ3v) is 6.13. The molecule has 0 aromatic carbocycles. The lowest BCUT2D eigenvalue weighted by atomic mass is 9.77. The maximum absolute atomic E-state index is 13.5. The Bertz CT molecular complexity index is 1140. The first-order valence-electron chi connectivity index (χ1n) is 10.6. The summed E-state index contributed by atoms with van der Waals surface area (Å²) in [5.74, 6) is 0.530. The molecule has 1 saturated carbocycles. The summed E-state index contributed by atoms with van der Waals surface area (Å²) in [7, 11) is 0. The van der Waals surface area contributed by atoms with Gasteiger partial charge in [-0.15, -0.1) is 0 Å². The van der Waals surface area contributed by atoms with Crippen molar-refractivity contribution in [1.29, 1.82) is 0 Å². The van der Waals surface area contributed by atoms with Crippen molar-refractivity contribution >= 4 is 5.91 Å². The van der Waals surface area contributed by atoms with E-state index < -0.39 is 11.7 Å². The van der Waals surface area contributed by atoms with Crippen LogP contribution in [-0.2, 0) is 6.18 Å². The van der Waals surface area contributed by atoms with Gasteiger partial charge in [-0.05, 0) is 49.4 Å². The number of pyridine rings is 2. The summed E-state index contributed by atoms with van der Waals surface area (Å²) in [6.45, 7) is 0.579.